The number of aromatic amines is 1. The third kappa shape index (κ3) is 3.24. The number of nitrogens with two attached hydrogens (primary N) is 1. The van der Waals surface area contributed by atoms with Crippen molar-refractivity contribution in [2.75, 3.05) is 23.7 Å². The highest BCUT2D eigenvalue weighted by molar-refractivity contribution is 5.67. The first-order chi connectivity index (χ1) is 11.8. The third-order valence-electron chi connectivity index (χ3n) is 4.09. The van der Waals surface area contributed by atoms with Crippen molar-refractivity contribution in [3.63, 3.8) is 0 Å². The molecule has 1 aliphatic rings. The van der Waals surface area contributed by atoms with Crippen LogP contribution in [0.2, 0.25) is 0 Å². The van der Waals surface area contributed by atoms with Gasteiger partial charge >= 0.3 is 0 Å². The number of H-pyrrole nitrogens is 1. The topological polar surface area (TPSA) is 161 Å². The lowest BCUT2D eigenvalue weighted by Gasteiger charge is -2.18. The molecule has 3 rings (SSSR count). The number of hydrogen-bond acceptors (Lipinski definition) is 8. The van der Waals surface area contributed by atoms with Crippen LogP contribution in [0.15, 0.2) is 29.1 Å². The maximum absolute atomic E-state index is 11.5. The van der Waals surface area contributed by atoms with E-state index in [0.717, 1.165) is 6.07 Å². The van der Waals surface area contributed by atoms with Gasteiger partial charge in [0, 0.05) is 31.1 Å². The second-order valence-corrected chi connectivity index (χ2v) is 5.67. The van der Waals surface area contributed by atoms with Crippen molar-refractivity contribution in [3.8, 4) is 0 Å². The summed E-state index contributed by atoms with van der Waals surface area (Å²) in [7, 11) is 0. The Morgan fingerprint density at radius 1 is 1.24 bits per heavy atom. The molecule has 1 fully saturated rings. The Labute approximate surface area is 140 Å². The zero-order valence-electron chi connectivity index (χ0n) is 12.9. The second kappa shape index (κ2) is 6.19. The molecule has 0 amide bonds. The van der Waals surface area contributed by atoms with Crippen LogP contribution in [0.5, 0.6) is 0 Å². The molecule has 3 N–H and O–H groups in total. The van der Waals surface area contributed by atoms with E-state index in [-0.39, 0.29) is 28.8 Å². The summed E-state index contributed by atoms with van der Waals surface area (Å²) in [6.07, 6.45) is 0.629. The van der Waals surface area contributed by atoms with Crippen LogP contribution in [-0.4, -0.2) is 32.9 Å². The first-order valence-electron chi connectivity index (χ1n) is 7.39. The number of anilines is 2. The van der Waals surface area contributed by atoms with Crippen molar-refractivity contribution in [3.05, 3.63) is 60.5 Å². The average Bonchev–Trinajstić information content (AvgIpc) is 3.03. The summed E-state index contributed by atoms with van der Waals surface area (Å²) in [4.78, 5) is 40.5. The number of nitro benzene ring substituents is 2. The molecule has 0 saturated carbocycles. The molecule has 130 valence electrons. The van der Waals surface area contributed by atoms with E-state index in [2.05, 4.69) is 9.97 Å². The van der Waals surface area contributed by atoms with Gasteiger partial charge in [-0.3, -0.25) is 30.0 Å². The molecule has 11 nitrogen and oxygen atoms in total. The van der Waals surface area contributed by atoms with Crippen LogP contribution in [0.25, 0.3) is 0 Å². The van der Waals surface area contributed by atoms with Gasteiger partial charge in [0.1, 0.15) is 5.69 Å². The molecule has 0 bridgehead atoms. The fraction of sp³-hybridized carbons (Fsp3) is 0.286. The summed E-state index contributed by atoms with van der Waals surface area (Å²) < 4.78 is 0. The van der Waals surface area contributed by atoms with Crippen molar-refractivity contribution in [1.29, 1.82) is 0 Å². The molecule has 1 aromatic carbocycles. The highest BCUT2D eigenvalue weighted by Gasteiger charge is 2.30. The van der Waals surface area contributed by atoms with Crippen LogP contribution in [0.3, 0.4) is 0 Å². The summed E-state index contributed by atoms with van der Waals surface area (Å²) in [6.45, 7) is 0.895. The van der Waals surface area contributed by atoms with Gasteiger partial charge in [0.05, 0.1) is 21.6 Å². The van der Waals surface area contributed by atoms with Gasteiger partial charge in [0.2, 0.25) is 5.95 Å². The number of rotatable bonds is 4. The molecule has 1 saturated heterocycles. The Balaban J connectivity index is 1.90. The van der Waals surface area contributed by atoms with Gasteiger partial charge in [0.15, 0.2) is 0 Å². The molecule has 1 atom stereocenters. The van der Waals surface area contributed by atoms with E-state index >= 15 is 0 Å². The second-order valence-electron chi connectivity index (χ2n) is 5.67. The summed E-state index contributed by atoms with van der Waals surface area (Å²) in [6, 6.07) is 4.91. The zero-order valence-corrected chi connectivity index (χ0v) is 12.9. The molecule has 1 aromatic heterocycles. The first kappa shape index (κ1) is 16.4. The largest absolute Gasteiger partial charge is 0.369 e. The first-order valence-corrected chi connectivity index (χ1v) is 7.39. The maximum Gasteiger partial charge on any atom is 0.299 e. The van der Waals surface area contributed by atoms with E-state index in [0.29, 0.717) is 30.9 Å². The molecule has 1 unspecified atom stereocenters. The Hall–Kier alpha value is -3.50. The maximum atomic E-state index is 11.5. The number of benzene rings is 1. The number of nitro groups is 2. The van der Waals surface area contributed by atoms with Gasteiger partial charge in [-0.05, 0) is 12.5 Å². The van der Waals surface area contributed by atoms with E-state index in [9.17, 15) is 25.0 Å². The van der Waals surface area contributed by atoms with E-state index < -0.39 is 9.85 Å². The van der Waals surface area contributed by atoms with Crippen molar-refractivity contribution in [1.82, 2.24) is 9.97 Å². The van der Waals surface area contributed by atoms with E-state index in [1.165, 1.54) is 18.2 Å². The standard InChI is InChI=1S/C14H14N6O5/c15-14-16-10(6-13(21)17-14)8-3-4-18(7-8)11-2-1-9(19(22)23)5-12(11)20(24)25/h1-2,5-6,8H,3-4,7H2,(H3,15,16,17,21). The number of nitrogens with one attached hydrogen (secondary N) is 1. The van der Waals surface area contributed by atoms with Crippen LogP contribution < -0.4 is 16.2 Å². The Kier molecular flexibility index (Phi) is 4.05. The minimum absolute atomic E-state index is 0.0160. The fourth-order valence-corrected chi connectivity index (χ4v) is 2.96. The quantitative estimate of drug-likeness (QED) is 0.615. The molecular weight excluding hydrogens is 332 g/mol. The van der Waals surface area contributed by atoms with Crippen molar-refractivity contribution >= 4 is 23.0 Å². The normalized spacial score (nSPS) is 16.8. The van der Waals surface area contributed by atoms with E-state index in [1.807, 2.05) is 0 Å². The highest BCUT2D eigenvalue weighted by atomic mass is 16.6. The van der Waals surface area contributed by atoms with Gasteiger partial charge in [-0.1, -0.05) is 0 Å². The SMILES string of the molecule is Nc1nc(C2CCN(c3ccc([N+](=O)[O-])cc3[N+](=O)[O-])C2)cc(=O)[nH]1. The highest BCUT2D eigenvalue weighted by Crippen LogP contribution is 2.36. The number of nitrogen functional groups attached to an aromatic ring is 1. The molecule has 25 heavy (non-hydrogen) atoms. The summed E-state index contributed by atoms with van der Waals surface area (Å²) in [5.74, 6) is -0.0957. The van der Waals surface area contributed by atoms with Gasteiger partial charge in [-0.25, -0.2) is 4.98 Å². The molecule has 2 heterocycles. The number of aromatic nitrogens is 2. The number of hydrogen-bond donors (Lipinski definition) is 2. The van der Waals surface area contributed by atoms with Gasteiger partial charge in [-0.2, -0.15) is 0 Å². The third-order valence-corrected chi connectivity index (χ3v) is 4.09. The Morgan fingerprint density at radius 3 is 2.64 bits per heavy atom. The fourth-order valence-electron chi connectivity index (χ4n) is 2.96. The molecule has 0 spiro atoms. The summed E-state index contributed by atoms with van der Waals surface area (Å²) >= 11 is 0. The lowest BCUT2D eigenvalue weighted by atomic mass is 10.1. The number of non-ortho nitro benzene ring substituents is 1. The predicted octanol–water partition coefficient (Wildman–Crippen LogP) is 1.16. The van der Waals surface area contributed by atoms with E-state index in [4.69, 9.17) is 5.73 Å². The van der Waals surface area contributed by atoms with Gasteiger partial charge in [-0.15, -0.1) is 0 Å². The predicted molar refractivity (Wildman–Crippen MR) is 88.6 cm³/mol. The van der Waals surface area contributed by atoms with Crippen LogP contribution >= 0.6 is 0 Å². The van der Waals surface area contributed by atoms with E-state index in [1.54, 1.807) is 4.90 Å². The zero-order chi connectivity index (χ0) is 18.1. The lowest BCUT2D eigenvalue weighted by Crippen LogP contribution is -2.21. The van der Waals surface area contributed by atoms with Crippen LogP contribution in [0.4, 0.5) is 23.0 Å². The van der Waals surface area contributed by atoms with Crippen molar-refractivity contribution in [2.24, 2.45) is 0 Å². The molecule has 11 heteroatoms. The van der Waals surface area contributed by atoms with Crippen LogP contribution in [0, 0.1) is 20.2 Å². The number of nitrogens with zero attached hydrogens (tertiary/aromatic N) is 4. The molecule has 2 aromatic rings. The molecule has 0 aliphatic carbocycles. The lowest BCUT2D eigenvalue weighted by molar-refractivity contribution is -0.393. The molecule has 1 aliphatic heterocycles. The minimum Gasteiger partial charge on any atom is -0.369 e. The minimum atomic E-state index is -0.674. The monoisotopic (exact) mass is 346 g/mol. The Bertz CT molecular complexity index is 911. The van der Waals surface area contributed by atoms with Crippen molar-refractivity contribution < 1.29 is 9.85 Å². The van der Waals surface area contributed by atoms with Gasteiger partial charge < -0.3 is 10.6 Å². The molecular formula is C14H14N6O5. The molecule has 0 radical (unpaired) electrons. The van der Waals surface area contributed by atoms with Crippen LogP contribution in [0.1, 0.15) is 18.0 Å². The summed E-state index contributed by atoms with van der Waals surface area (Å²) in [5.41, 5.74) is 5.35. The Morgan fingerprint density at radius 2 is 2.00 bits per heavy atom. The van der Waals surface area contributed by atoms with Gasteiger partial charge in [0.25, 0.3) is 16.9 Å². The summed E-state index contributed by atoms with van der Waals surface area (Å²) in [5, 5.41) is 22.1. The van der Waals surface area contributed by atoms with Crippen molar-refractivity contribution in [2.45, 2.75) is 12.3 Å². The smallest absolute Gasteiger partial charge is 0.299 e. The van der Waals surface area contributed by atoms with Crippen LogP contribution in [-0.2, 0) is 0 Å². The average molecular weight is 346 g/mol.